The highest BCUT2D eigenvalue weighted by Gasteiger charge is 2.17. The van der Waals surface area contributed by atoms with Crippen molar-refractivity contribution in [2.24, 2.45) is 5.73 Å². The molecule has 3 heteroatoms. The minimum absolute atomic E-state index is 0.641. The van der Waals surface area contributed by atoms with Crippen molar-refractivity contribution in [3.05, 3.63) is 35.4 Å². The molecule has 0 amide bonds. The standard InChI is InChI=1S/C15H21NO2/c16-14(15(17)18)13-9-7-12(8-10-13)11-5-3-1-2-4-6-11/h7-11,14H,1-6,16H2,(H,17,18). The summed E-state index contributed by atoms with van der Waals surface area (Å²) in [5, 5.41) is 8.87. The summed E-state index contributed by atoms with van der Waals surface area (Å²) in [6.07, 6.45) is 7.81. The van der Waals surface area contributed by atoms with E-state index in [1.807, 2.05) is 24.3 Å². The number of hydrogen-bond donors (Lipinski definition) is 2. The SMILES string of the molecule is NC(C(=O)O)c1ccc(C2CCCCCC2)cc1. The summed E-state index contributed by atoms with van der Waals surface area (Å²) in [6, 6.07) is 6.91. The lowest BCUT2D eigenvalue weighted by atomic mass is 9.90. The number of benzene rings is 1. The normalized spacial score (nSPS) is 19.2. The summed E-state index contributed by atoms with van der Waals surface area (Å²) < 4.78 is 0. The fourth-order valence-electron chi connectivity index (χ4n) is 2.73. The Balaban J connectivity index is 2.08. The molecule has 1 aromatic carbocycles. The molecule has 1 atom stereocenters. The second kappa shape index (κ2) is 6.01. The minimum atomic E-state index is -0.975. The van der Waals surface area contributed by atoms with Gasteiger partial charge in [-0.3, -0.25) is 4.79 Å². The van der Waals surface area contributed by atoms with Gasteiger partial charge in [-0.15, -0.1) is 0 Å². The highest BCUT2D eigenvalue weighted by molar-refractivity contribution is 5.75. The molecular formula is C15H21NO2. The van der Waals surface area contributed by atoms with Crippen molar-refractivity contribution in [3.8, 4) is 0 Å². The quantitative estimate of drug-likeness (QED) is 0.806. The second-order valence-electron chi connectivity index (χ2n) is 5.17. The third kappa shape index (κ3) is 3.10. The maximum Gasteiger partial charge on any atom is 0.325 e. The lowest BCUT2D eigenvalue weighted by molar-refractivity contribution is -0.138. The zero-order valence-corrected chi connectivity index (χ0v) is 10.6. The van der Waals surface area contributed by atoms with Crippen LogP contribution < -0.4 is 5.73 Å². The van der Waals surface area contributed by atoms with Crippen molar-refractivity contribution < 1.29 is 9.90 Å². The molecule has 1 aliphatic rings. The van der Waals surface area contributed by atoms with Gasteiger partial charge < -0.3 is 10.8 Å². The summed E-state index contributed by atoms with van der Waals surface area (Å²) in [4.78, 5) is 10.8. The molecule has 1 saturated carbocycles. The number of carboxylic acids is 1. The van der Waals surface area contributed by atoms with E-state index in [0.717, 1.165) is 0 Å². The molecule has 3 nitrogen and oxygen atoms in total. The predicted molar refractivity (Wildman–Crippen MR) is 71.4 cm³/mol. The maximum atomic E-state index is 10.8. The highest BCUT2D eigenvalue weighted by Crippen LogP contribution is 2.31. The van der Waals surface area contributed by atoms with Gasteiger partial charge in [-0.1, -0.05) is 49.9 Å². The van der Waals surface area contributed by atoms with Gasteiger partial charge in [0.1, 0.15) is 6.04 Å². The minimum Gasteiger partial charge on any atom is -0.480 e. The Morgan fingerprint density at radius 1 is 1.11 bits per heavy atom. The maximum absolute atomic E-state index is 10.8. The Labute approximate surface area is 108 Å². The van der Waals surface area contributed by atoms with Gasteiger partial charge in [-0.25, -0.2) is 0 Å². The van der Waals surface area contributed by atoms with Crippen LogP contribution in [0.5, 0.6) is 0 Å². The zero-order chi connectivity index (χ0) is 13.0. The van der Waals surface area contributed by atoms with Crippen LogP contribution in [0.1, 0.15) is 61.6 Å². The van der Waals surface area contributed by atoms with Crippen LogP contribution in [-0.4, -0.2) is 11.1 Å². The number of nitrogens with two attached hydrogens (primary N) is 1. The summed E-state index contributed by atoms with van der Waals surface area (Å²) in [7, 11) is 0. The van der Waals surface area contributed by atoms with E-state index in [0.29, 0.717) is 11.5 Å². The molecule has 0 aromatic heterocycles. The van der Waals surface area contributed by atoms with Crippen LogP contribution in [0.3, 0.4) is 0 Å². The Morgan fingerprint density at radius 2 is 1.67 bits per heavy atom. The van der Waals surface area contributed by atoms with Gasteiger partial charge in [-0.2, -0.15) is 0 Å². The Bertz CT molecular complexity index is 391. The Morgan fingerprint density at radius 3 is 2.17 bits per heavy atom. The van der Waals surface area contributed by atoms with Crippen LogP contribution in [0.25, 0.3) is 0 Å². The third-order valence-electron chi connectivity index (χ3n) is 3.89. The number of rotatable bonds is 3. The molecule has 0 bridgehead atoms. The first-order valence-electron chi connectivity index (χ1n) is 6.76. The van der Waals surface area contributed by atoms with Crippen LogP contribution in [0.2, 0.25) is 0 Å². The summed E-state index contributed by atoms with van der Waals surface area (Å²) >= 11 is 0. The van der Waals surface area contributed by atoms with E-state index in [9.17, 15) is 4.79 Å². The average molecular weight is 247 g/mol. The summed E-state index contributed by atoms with van der Waals surface area (Å²) in [5.74, 6) is -0.334. The predicted octanol–water partition coefficient (Wildman–Crippen LogP) is 3.21. The fourth-order valence-corrected chi connectivity index (χ4v) is 2.73. The first kappa shape index (κ1) is 13.1. The number of aliphatic carboxylic acids is 1. The summed E-state index contributed by atoms with van der Waals surface area (Å²) in [6.45, 7) is 0. The first-order chi connectivity index (χ1) is 8.68. The topological polar surface area (TPSA) is 63.3 Å². The van der Waals surface area contributed by atoms with Crippen molar-refractivity contribution in [1.82, 2.24) is 0 Å². The Hall–Kier alpha value is -1.35. The van der Waals surface area contributed by atoms with E-state index in [1.54, 1.807) is 0 Å². The molecule has 1 fully saturated rings. The van der Waals surface area contributed by atoms with Crippen molar-refractivity contribution >= 4 is 5.97 Å². The molecular weight excluding hydrogens is 226 g/mol. The number of hydrogen-bond acceptors (Lipinski definition) is 2. The van der Waals surface area contributed by atoms with Gasteiger partial charge >= 0.3 is 5.97 Å². The van der Waals surface area contributed by atoms with E-state index in [4.69, 9.17) is 10.8 Å². The van der Waals surface area contributed by atoms with Gasteiger partial charge in [0.2, 0.25) is 0 Å². The van der Waals surface area contributed by atoms with Gasteiger partial charge in [0.25, 0.3) is 0 Å². The molecule has 1 aliphatic carbocycles. The zero-order valence-electron chi connectivity index (χ0n) is 10.6. The van der Waals surface area contributed by atoms with E-state index in [-0.39, 0.29) is 0 Å². The van der Waals surface area contributed by atoms with Crippen molar-refractivity contribution in [1.29, 1.82) is 0 Å². The van der Waals surface area contributed by atoms with E-state index < -0.39 is 12.0 Å². The van der Waals surface area contributed by atoms with Crippen molar-refractivity contribution in [3.63, 3.8) is 0 Å². The molecule has 0 radical (unpaired) electrons. The molecule has 18 heavy (non-hydrogen) atoms. The van der Waals surface area contributed by atoms with Crippen LogP contribution in [-0.2, 0) is 4.79 Å². The van der Waals surface area contributed by atoms with Crippen LogP contribution in [0.15, 0.2) is 24.3 Å². The monoisotopic (exact) mass is 247 g/mol. The lowest BCUT2D eigenvalue weighted by Gasteiger charge is -2.15. The lowest BCUT2D eigenvalue weighted by Crippen LogP contribution is -2.20. The molecule has 98 valence electrons. The molecule has 0 saturated heterocycles. The number of carboxylic acid groups (broad SMARTS) is 1. The van der Waals surface area contributed by atoms with Crippen LogP contribution in [0, 0.1) is 0 Å². The molecule has 1 aromatic rings. The van der Waals surface area contributed by atoms with Crippen LogP contribution in [0.4, 0.5) is 0 Å². The molecule has 0 spiro atoms. The van der Waals surface area contributed by atoms with E-state index in [1.165, 1.54) is 44.1 Å². The second-order valence-corrected chi connectivity index (χ2v) is 5.17. The van der Waals surface area contributed by atoms with Gasteiger partial charge in [0, 0.05) is 0 Å². The van der Waals surface area contributed by atoms with Gasteiger partial charge in [0.05, 0.1) is 0 Å². The van der Waals surface area contributed by atoms with Crippen LogP contribution >= 0.6 is 0 Å². The van der Waals surface area contributed by atoms with Gasteiger partial charge in [0.15, 0.2) is 0 Å². The average Bonchev–Trinajstić information content (AvgIpc) is 2.67. The van der Waals surface area contributed by atoms with Gasteiger partial charge in [-0.05, 0) is 29.9 Å². The smallest absolute Gasteiger partial charge is 0.325 e. The summed E-state index contributed by atoms with van der Waals surface area (Å²) in [5.41, 5.74) is 7.60. The number of carbonyl (C=O) groups is 1. The highest BCUT2D eigenvalue weighted by atomic mass is 16.4. The third-order valence-corrected chi connectivity index (χ3v) is 3.89. The molecule has 3 N–H and O–H groups in total. The Kier molecular flexibility index (Phi) is 4.37. The van der Waals surface area contributed by atoms with Crippen molar-refractivity contribution in [2.45, 2.75) is 50.5 Å². The molecule has 1 unspecified atom stereocenters. The molecule has 0 aliphatic heterocycles. The molecule has 0 heterocycles. The fraction of sp³-hybridized carbons (Fsp3) is 0.533. The first-order valence-corrected chi connectivity index (χ1v) is 6.76. The van der Waals surface area contributed by atoms with E-state index >= 15 is 0 Å². The molecule has 2 rings (SSSR count). The van der Waals surface area contributed by atoms with Crippen molar-refractivity contribution in [2.75, 3.05) is 0 Å². The largest absolute Gasteiger partial charge is 0.480 e. The van der Waals surface area contributed by atoms with E-state index in [2.05, 4.69) is 0 Å².